The summed E-state index contributed by atoms with van der Waals surface area (Å²) in [5.74, 6) is -0.640. The molecule has 0 amide bonds. The van der Waals surface area contributed by atoms with Crippen molar-refractivity contribution in [2.24, 2.45) is 5.73 Å². The van der Waals surface area contributed by atoms with E-state index < -0.39 is 12.0 Å². The van der Waals surface area contributed by atoms with Crippen LogP contribution in [0.3, 0.4) is 0 Å². The van der Waals surface area contributed by atoms with Gasteiger partial charge in [0.25, 0.3) is 0 Å². The van der Waals surface area contributed by atoms with Crippen LogP contribution in [0, 0.1) is 5.63 Å². The van der Waals surface area contributed by atoms with E-state index in [4.69, 9.17) is 5.73 Å². The molecule has 9 heavy (non-hydrogen) atoms. The molecular formula is C4H6NO3P. The Labute approximate surface area is 53.5 Å². The molecule has 0 aliphatic carbocycles. The first-order valence-electron chi connectivity index (χ1n) is 2.13. The summed E-state index contributed by atoms with van der Waals surface area (Å²) in [7, 11) is 0.818. The third-order valence-electron chi connectivity index (χ3n) is 0.647. The minimum atomic E-state index is -1.01. The fraction of sp³-hybridized carbons (Fsp3) is 0.500. The molecule has 0 saturated heterocycles. The molecule has 0 aromatic carbocycles. The van der Waals surface area contributed by atoms with Gasteiger partial charge in [-0.1, -0.05) is 0 Å². The van der Waals surface area contributed by atoms with Gasteiger partial charge >= 0.3 is 52.5 Å². The molecule has 0 aromatic rings. The molecule has 0 saturated carbocycles. The van der Waals surface area contributed by atoms with Gasteiger partial charge in [0, 0.05) is 0 Å². The number of hydrogen-bond acceptors (Lipinski definition) is 4. The van der Waals surface area contributed by atoms with Crippen molar-refractivity contribution in [3.05, 3.63) is 0 Å². The molecule has 0 fully saturated rings. The van der Waals surface area contributed by atoms with E-state index in [2.05, 4.69) is 10.4 Å². The van der Waals surface area contributed by atoms with E-state index in [0.29, 0.717) is 0 Å². The van der Waals surface area contributed by atoms with Crippen molar-refractivity contribution in [1.82, 2.24) is 0 Å². The van der Waals surface area contributed by atoms with Crippen LogP contribution in [0.1, 0.15) is 0 Å². The number of carbonyl (C=O) groups excluding carboxylic acids is 1. The maximum atomic E-state index is 10.3. The first kappa shape index (κ1) is 8.44. The van der Waals surface area contributed by atoms with E-state index in [1.54, 1.807) is 0 Å². The summed E-state index contributed by atoms with van der Waals surface area (Å²) in [5.41, 5.74) is 7.16. The molecule has 4 nitrogen and oxygen atoms in total. The average Bonchev–Trinajstić information content (AvgIpc) is 1.87. The molecular weight excluding hydrogens is 141 g/mol. The van der Waals surface area contributed by atoms with Crippen LogP contribution in [0.4, 0.5) is 0 Å². The Morgan fingerprint density at radius 1 is 1.89 bits per heavy atom. The Morgan fingerprint density at radius 2 is 2.44 bits per heavy atom. The average molecular weight is 147 g/mol. The van der Waals surface area contributed by atoms with Crippen LogP contribution in [0.25, 0.3) is 0 Å². The van der Waals surface area contributed by atoms with Crippen LogP contribution in [-0.4, -0.2) is 19.1 Å². The van der Waals surface area contributed by atoms with Crippen LogP contribution in [0.5, 0.6) is 0 Å². The molecule has 1 atom stereocenters. The SMILES string of the molecule is COC(=O)C(N)C#P=O. The number of esters is 1. The van der Waals surface area contributed by atoms with Crippen molar-refractivity contribution >= 4 is 13.9 Å². The Morgan fingerprint density at radius 3 is 2.78 bits per heavy atom. The molecule has 0 aliphatic heterocycles. The number of rotatable bonds is 1. The predicted molar refractivity (Wildman–Crippen MR) is 31.5 cm³/mol. The number of carbonyl (C=O) groups is 1. The van der Waals surface area contributed by atoms with Crippen molar-refractivity contribution in [3.63, 3.8) is 0 Å². The molecule has 0 heterocycles. The topological polar surface area (TPSA) is 69.4 Å². The summed E-state index contributed by atoms with van der Waals surface area (Å²) in [6.07, 6.45) is 0. The molecule has 1 unspecified atom stereocenters. The molecule has 50 valence electrons. The van der Waals surface area contributed by atoms with E-state index in [9.17, 15) is 9.36 Å². The summed E-state index contributed by atoms with van der Waals surface area (Å²) < 4.78 is 13.9. The summed E-state index contributed by atoms with van der Waals surface area (Å²) in [6.45, 7) is 0. The molecule has 0 radical (unpaired) electrons. The van der Waals surface area contributed by atoms with Crippen molar-refractivity contribution in [2.75, 3.05) is 7.11 Å². The number of nitrogens with two attached hydrogens (primary N) is 1. The van der Waals surface area contributed by atoms with Crippen LogP contribution in [0.15, 0.2) is 0 Å². The standard InChI is InChI=1S/C4H6NO3P/c1-8-4(6)3(5)2-9-7/h3H,5H2,1H3. The second-order valence-corrected chi connectivity index (χ2v) is 1.66. The van der Waals surface area contributed by atoms with E-state index in [1.807, 2.05) is 0 Å². The first-order valence-corrected chi connectivity index (χ1v) is 2.95. The monoisotopic (exact) mass is 147 g/mol. The second-order valence-electron chi connectivity index (χ2n) is 1.22. The molecule has 2 N–H and O–H groups in total. The van der Waals surface area contributed by atoms with E-state index in [1.165, 1.54) is 7.11 Å². The fourth-order valence-electron chi connectivity index (χ4n) is 0.236. The summed E-state index contributed by atoms with van der Waals surface area (Å²) in [4.78, 5) is 10.3. The van der Waals surface area contributed by atoms with Gasteiger partial charge in [0.2, 0.25) is 0 Å². The van der Waals surface area contributed by atoms with Gasteiger partial charge < -0.3 is 0 Å². The van der Waals surface area contributed by atoms with Gasteiger partial charge in [-0.15, -0.1) is 0 Å². The van der Waals surface area contributed by atoms with Crippen LogP contribution < -0.4 is 5.73 Å². The van der Waals surface area contributed by atoms with E-state index >= 15 is 0 Å². The summed E-state index contributed by atoms with van der Waals surface area (Å²) in [6, 6.07) is -1.01. The van der Waals surface area contributed by atoms with Crippen LogP contribution in [-0.2, 0) is 14.1 Å². The quantitative estimate of drug-likeness (QED) is 0.409. The Kier molecular flexibility index (Phi) is 4.06. The van der Waals surface area contributed by atoms with E-state index in [0.717, 1.165) is 0 Å². The van der Waals surface area contributed by atoms with E-state index in [-0.39, 0.29) is 7.92 Å². The van der Waals surface area contributed by atoms with Gasteiger partial charge in [0.15, 0.2) is 0 Å². The zero-order valence-electron chi connectivity index (χ0n) is 4.83. The maximum absolute atomic E-state index is 10.3. The molecule has 5 heteroatoms. The number of ether oxygens (including phenoxy) is 1. The van der Waals surface area contributed by atoms with Gasteiger partial charge in [-0.2, -0.15) is 0 Å². The number of hydrogen-bond donors (Lipinski definition) is 1. The first-order chi connectivity index (χ1) is 4.22. The van der Waals surface area contributed by atoms with Gasteiger partial charge in [0.1, 0.15) is 0 Å². The van der Waals surface area contributed by atoms with Gasteiger partial charge in [-0.3, -0.25) is 0 Å². The Balaban J connectivity index is 3.98. The van der Waals surface area contributed by atoms with Crippen molar-refractivity contribution in [2.45, 2.75) is 6.04 Å². The number of methoxy groups -OCH3 is 1. The van der Waals surface area contributed by atoms with Crippen molar-refractivity contribution in [1.29, 1.82) is 0 Å². The molecule has 0 spiro atoms. The van der Waals surface area contributed by atoms with Crippen LogP contribution >= 0.6 is 7.92 Å². The van der Waals surface area contributed by atoms with Crippen LogP contribution in [0.2, 0.25) is 0 Å². The van der Waals surface area contributed by atoms with Crippen molar-refractivity contribution < 1.29 is 14.1 Å². The minimum absolute atomic E-state index is 0.382. The third kappa shape index (κ3) is 3.09. The van der Waals surface area contributed by atoms with Crippen molar-refractivity contribution in [3.8, 4) is 5.63 Å². The third-order valence-corrected chi connectivity index (χ3v) is 1.03. The van der Waals surface area contributed by atoms with Gasteiger partial charge in [0.05, 0.1) is 0 Å². The predicted octanol–water partition coefficient (Wildman–Crippen LogP) is -0.262. The normalized spacial score (nSPS) is 11.3. The summed E-state index contributed by atoms with van der Waals surface area (Å²) >= 11 is 0. The summed E-state index contributed by atoms with van der Waals surface area (Å²) in [5, 5.41) is 0. The Hall–Kier alpha value is -0.560. The molecule has 0 bridgehead atoms. The fourth-order valence-corrected chi connectivity index (χ4v) is 0.455. The molecule has 0 aromatic heterocycles. The van der Waals surface area contributed by atoms with Gasteiger partial charge in [-0.05, 0) is 0 Å². The zero-order chi connectivity index (χ0) is 7.28. The molecule has 0 aliphatic rings. The second kappa shape index (κ2) is 4.33. The van der Waals surface area contributed by atoms with Gasteiger partial charge in [-0.25, -0.2) is 0 Å². The zero-order valence-corrected chi connectivity index (χ0v) is 5.72. The molecule has 0 rings (SSSR count). The Bertz CT molecular complexity index is 195.